The Balaban J connectivity index is 2.68. The predicted octanol–water partition coefficient (Wildman–Crippen LogP) is 5.52. The molecular weight excluding hydrogens is 276 g/mol. The summed E-state index contributed by atoms with van der Waals surface area (Å²) in [6.07, 6.45) is 1.02. The van der Waals surface area contributed by atoms with Crippen molar-refractivity contribution in [3.63, 3.8) is 0 Å². The third-order valence-electron chi connectivity index (χ3n) is 3.22. The Kier molecular flexibility index (Phi) is 3.56. The van der Waals surface area contributed by atoms with Crippen molar-refractivity contribution in [1.82, 2.24) is 9.55 Å². The van der Waals surface area contributed by atoms with Crippen LogP contribution >= 0.6 is 23.8 Å². The van der Waals surface area contributed by atoms with E-state index in [1.165, 1.54) is 0 Å². The Hall–Kier alpha value is -0.800. The molecule has 0 aliphatic heterocycles. The summed E-state index contributed by atoms with van der Waals surface area (Å²) in [4.78, 5) is 3.25. The van der Waals surface area contributed by atoms with Gasteiger partial charge in [-0.15, -0.1) is 0 Å². The third-order valence-corrected chi connectivity index (χ3v) is 3.81. The summed E-state index contributed by atoms with van der Waals surface area (Å²) in [7, 11) is 0. The van der Waals surface area contributed by atoms with E-state index in [2.05, 4.69) is 44.2 Å². The van der Waals surface area contributed by atoms with Crippen molar-refractivity contribution >= 4 is 34.9 Å². The van der Waals surface area contributed by atoms with E-state index in [1.807, 2.05) is 18.2 Å². The number of rotatable bonds is 2. The van der Waals surface area contributed by atoms with Crippen LogP contribution in [0.4, 0.5) is 0 Å². The van der Waals surface area contributed by atoms with Gasteiger partial charge in [-0.1, -0.05) is 38.4 Å². The zero-order chi connectivity index (χ0) is 14.4. The van der Waals surface area contributed by atoms with Gasteiger partial charge in [-0.05, 0) is 50.0 Å². The van der Waals surface area contributed by atoms with E-state index in [1.54, 1.807) is 0 Å². The first-order valence-corrected chi connectivity index (χ1v) is 7.30. The SMILES string of the molecule is CC(C)(C)CC(C)(C)n1c(=S)[nH]c2cccc(Cl)c21. The minimum absolute atomic E-state index is 0.0847. The molecule has 0 bridgehead atoms. The molecule has 0 fully saturated rings. The molecule has 1 aromatic carbocycles. The van der Waals surface area contributed by atoms with E-state index in [9.17, 15) is 0 Å². The molecule has 0 spiro atoms. The molecule has 2 aromatic rings. The maximum atomic E-state index is 6.37. The van der Waals surface area contributed by atoms with Gasteiger partial charge in [0, 0.05) is 5.54 Å². The Morgan fingerprint density at radius 3 is 2.42 bits per heavy atom. The number of hydrogen-bond acceptors (Lipinski definition) is 1. The van der Waals surface area contributed by atoms with E-state index in [-0.39, 0.29) is 11.0 Å². The summed E-state index contributed by atoms with van der Waals surface area (Å²) in [5, 5.41) is 0.742. The molecule has 2 rings (SSSR count). The zero-order valence-electron chi connectivity index (χ0n) is 12.2. The summed E-state index contributed by atoms with van der Waals surface area (Å²) >= 11 is 11.9. The number of aromatic nitrogens is 2. The highest BCUT2D eigenvalue weighted by Gasteiger charge is 2.29. The van der Waals surface area contributed by atoms with E-state index in [4.69, 9.17) is 23.8 Å². The lowest BCUT2D eigenvalue weighted by Crippen LogP contribution is -2.31. The predicted molar refractivity (Wildman–Crippen MR) is 85.5 cm³/mol. The van der Waals surface area contributed by atoms with Gasteiger partial charge in [-0.3, -0.25) is 0 Å². The van der Waals surface area contributed by atoms with E-state index >= 15 is 0 Å². The average Bonchev–Trinajstić information content (AvgIpc) is 2.52. The Morgan fingerprint density at radius 2 is 1.84 bits per heavy atom. The van der Waals surface area contributed by atoms with Gasteiger partial charge >= 0.3 is 0 Å². The van der Waals surface area contributed by atoms with Crippen LogP contribution in [0.2, 0.25) is 5.02 Å². The van der Waals surface area contributed by atoms with Crippen LogP contribution in [0.1, 0.15) is 41.0 Å². The molecule has 0 radical (unpaired) electrons. The molecule has 1 N–H and O–H groups in total. The fourth-order valence-corrected chi connectivity index (χ4v) is 3.78. The lowest BCUT2D eigenvalue weighted by Gasteiger charge is -2.34. The van der Waals surface area contributed by atoms with Crippen molar-refractivity contribution in [2.45, 2.75) is 46.6 Å². The first kappa shape index (κ1) is 14.6. The highest BCUT2D eigenvalue weighted by Crippen LogP contribution is 2.36. The Labute approximate surface area is 124 Å². The number of aromatic amines is 1. The largest absolute Gasteiger partial charge is 0.331 e. The van der Waals surface area contributed by atoms with Crippen molar-refractivity contribution in [2.24, 2.45) is 5.41 Å². The van der Waals surface area contributed by atoms with Gasteiger partial charge in [-0.25, -0.2) is 0 Å². The maximum Gasteiger partial charge on any atom is 0.178 e. The minimum atomic E-state index is -0.0847. The van der Waals surface area contributed by atoms with Gasteiger partial charge in [0.2, 0.25) is 0 Å². The highest BCUT2D eigenvalue weighted by atomic mass is 35.5. The average molecular weight is 297 g/mol. The van der Waals surface area contributed by atoms with Crippen LogP contribution in [0.15, 0.2) is 18.2 Å². The van der Waals surface area contributed by atoms with Gasteiger partial charge in [0.1, 0.15) is 0 Å². The van der Waals surface area contributed by atoms with Crippen molar-refractivity contribution < 1.29 is 0 Å². The topological polar surface area (TPSA) is 20.7 Å². The van der Waals surface area contributed by atoms with Gasteiger partial charge in [0.15, 0.2) is 4.77 Å². The van der Waals surface area contributed by atoms with Crippen LogP contribution in [-0.2, 0) is 5.54 Å². The molecule has 1 aromatic heterocycles. The van der Waals surface area contributed by atoms with E-state index < -0.39 is 0 Å². The molecule has 0 amide bonds. The van der Waals surface area contributed by atoms with Crippen molar-refractivity contribution in [2.75, 3.05) is 0 Å². The third kappa shape index (κ3) is 2.87. The molecule has 0 unspecified atom stereocenters. The Morgan fingerprint density at radius 1 is 1.21 bits per heavy atom. The zero-order valence-corrected chi connectivity index (χ0v) is 13.7. The minimum Gasteiger partial charge on any atom is -0.331 e. The lowest BCUT2D eigenvalue weighted by molar-refractivity contribution is 0.217. The number of halogens is 1. The maximum absolute atomic E-state index is 6.37. The number of hydrogen-bond donors (Lipinski definition) is 1. The molecule has 4 heteroatoms. The summed E-state index contributed by atoms with van der Waals surface area (Å²) in [5.41, 5.74) is 2.14. The van der Waals surface area contributed by atoms with E-state index in [0.717, 1.165) is 27.2 Å². The van der Waals surface area contributed by atoms with Crippen LogP contribution in [0.5, 0.6) is 0 Å². The number of fused-ring (bicyclic) bond motifs is 1. The molecule has 2 nitrogen and oxygen atoms in total. The molecule has 0 saturated heterocycles. The first-order chi connectivity index (χ1) is 8.62. The number of imidazole rings is 1. The summed E-state index contributed by atoms with van der Waals surface area (Å²) in [6, 6.07) is 5.87. The van der Waals surface area contributed by atoms with Crippen molar-refractivity contribution in [3.8, 4) is 0 Å². The number of nitrogens with one attached hydrogen (secondary N) is 1. The van der Waals surface area contributed by atoms with Crippen molar-refractivity contribution in [3.05, 3.63) is 28.0 Å². The summed E-state index contributed by atoms with van der Waals surface area (Å²) in [6.45, 7) is 11.2. The fraction of sp³-hybridized carbons (Fsp3) is 0.533. The number of benzene rings is 1. The van der Waals surface area contributed by atoms with Gasteiger partial charge in [0.05, 0.1) is 16.1 Å². The number of para-hydroxylation sites is 1. The molecule has 0 saturated carbocycles. The van der Waals surface area contributed by atoms with Gasteiger partial charge in [0.25, 0.3) is 0 Å². The van der Waals surface area contributed by atoms with Crippen LogP contribution < -0.4 is 0 Å². The number of nitrogens with zero attached hydrogens (tertiary/aromatic N) is 1. The monoisotopic (exact) mass is 296 g/mol. The normalized spacial score (nSPS) is 13.2. The molecule has 0 aliphatic rings. The second-order valence-corrected chi connectivity index (χ2v) is 7.75. The summed E-state index contributed by atoms with van der Waals surface area (Å²) in [5.74, 6) is 0. The fourth-order valence-electron chi connectivity index (χ4n) is 3.07. The standard InChI is InChI=1S/C15H21ClN2S/c1-14(2,3)9-15(4,5)18-12-10(16)7-6-8-11(12)17-13(18)19/h6-8H,9H2,1-5H3,(H,17,19). The Bertz CT molecular complexity index is 659. The van der Waals surface area contributed by atoms with Gasteiger partial charge < -0.3 is 9.55 Å². The van der Waals surface area contributed by atoms with Crippen LogP contribution in [0.25, 0.3) is 11.0 Å². The molecule has 104 valence electrons. The summed E-state index contributed by atoms with van der Waals surface area (Å²) < 4.78 is 2.89. The van der Waals surface area contributed by atoms with Crippen molar-refractivity contribution in [1.29, 1.82) is 0 Å². The smallest absolute Gasteiger partial charge is 0.178 e. The first-order valence-electron chi connectivity index (χ1n) is 6.52. The molecule has 0 aliphatic carbocycles. The second-order valence-electron chi connectivity index (χ2n) is 6.95. The molecule has 0 atom stereocenters. The van der Waals surface area contributed by atoms with E-state index in [0.29, 0.717) is 0 Å². The van der Waals surface area contributed by atoms with Gasteiger partial charge in [-0.2, -0.15) is 0 Å². The highest BCUT2D eigenvalue weighted by molar-refractivity contribution is 7.71. The van der Waals surface area contributed by atoms with Crippen LogP contribution in [-0.4, -0.2) is 9.55 Å². The number of H-pyrrole nitrogens is 1. The second kappa shape index (κ2) is 4.64. The van der Waals surface area contributed by atoms with Crippen LogP contribution in [0, 0.1) is 10.2 Å². The van der Waals surface area contributed by atoms with Crippen LogP contribution in [0.3, 0.4) is 0 Å². The molecular formula is C15H21ClN2S. The molecule has 1 heterocycles. The quantitative estimate of drug-likeness (QED) is 0.723. The molecule has 19 heavy (non-hydrogen) atoms. The lowest BCUT2D eigenvalue weighted by atomic mass is 9.81.